The van der Waals surface area contributed by atoms with Crippen LogP contribution in [0.25, 0.3) is 0 Å². The van der Waals surface area contributed by atoms with Crippen LogP contribution in [0.1, 0.15) is 17.0 Å². The molecule has 1 aromatic heterocycles. The molecule has 6 nitrogen and oxygen atoms in total. The molecule has 7 heteroatoms. The number of aryl methyl sites for hydroxylation is 1. The van der Waals surface area contributed by atoms with Crippen LogP contribution < -0.4 is 4.72 Å². The van der Waals surface area contributed by atoms with Gasteiger partial charge in [0.05, 0.1) is 10.6 Å². The Hall–Kier alpha value is -2.15. The predicted octanol–water partition coefficient (Wildman–Crippen LogP) is 1.22. The molecule has 1 N–H and O–H groups in total. The molecule has 0 aliphatic carbocycles. The van der Waals surface area contributed by atoms with E-state index in [1.54, 1.807) is 30.3 Å². The van der Waals surface area contributed by atoms with Crippen molar-refractivity contribution in [1.82, 2.24) is 9.88 Å². The number of nitrogens with one attached hydrogen (secondary N) is 1. The average molecular weight is 277 g/mol. The van der Waals surface area contributed by atoms with Crippen LogP contribution in [0.3, 0.4) is 0 Å². The molecule has 0 unspecified atom stereocenters. The van der Waals surface area contributed by atoms with Crippen molar-refractivity contribution in [2.24, 2.45) is 4.99 Å². The Morgan fingerprint density at radius 1 is 1.37 bits per heavy atom. The van der Waals surface area contributed by atoms with Crippen molar-refractivity contribution in [1.29, 1.82) is 0 Å². The van der Waals surface area contributed by atoms with E-state index in [0.29, 0.717) is 17.2 Å². The molecule has 0 atom stereocenters. The molecule has 0 bridgehead atoms. The molecule has 2 heterocycles. The lowest BCUT2D eigenvalue weighted by atomic mass is 10.2. The molecule has 1 aromatic carbocycles. The van der Waals surface area contributed by atoms with Gasteiger partial charge in [0.25, 0.3) is 10.0 Å². The van der Waals surface area contributed by atoms with Crippen molar-refractivity contribution in [2.75, 3.05) is 0 Å². The van der Waals surface area contributed by atoms with Crippen molar-refractivity contribution in [3.63, 3.8) is 0 Å². The molecule has 0 saturated heterocycles. The highest BCUT2D eigenvalue weighted by molar-refractivity contribution is 7.90. The van der Waals surface area contributed by atoms with Crippen molar-refractivity contribution >= 4 is 15.9 Å². The zero-order valence-corrected chi connectivity index (χ0v) is 10.9. The predicted molar refractivity (Wildman–Crippen MR) is 68.2 cm³/mol. The topological polar surface area (TPSA) is 84.6 Å². The molecule has 0 fully saturated rings. The molecule has 0 amide bonds. The zero-order valence-electron chi connectivity index (χ0n) is 10.1. The van der Waals surface area contributed by atoms with Gasteiger partial charge in [-0.1, -0.05) is 17.3 Å². The molecule has 0 saturated carbocycles. The van der Waals surface area contributed by atoms with Crippen LogP contribution in [-0.2, 0) is 16.6 Å². The summed E-state index contributed by atoms with van der Waals surface area (Å²) in [6.45, 7) is 2.06. The smallest absolute Gasteiger partial charge is 0.263 e. The summed E-state index contributed by atoms with van der Waals surface area (Å²) in [7, 11) is -3.48. The first-order chi connectivity index (χ1) is 9.06. The standard InChI is InChI=1S/C12H11N3O3S/c1-8-6-9(18-14-8)7-13-12-10-4-2-3-5-11(10)19(16,17)15-12/h2-6H,7H2,1H3,(H,13,15). The van der Waals surface area contributed by atoms with E-state index >= 15 is 0 Å². The first-order valence-electron chi connectivity index (χ1n) is 5.65. The van der Waals surface area contributed by atoms with Crippen LogP contribution in [0.5, 0.6) is 0 Å². The number of aliphatic imine (C=N–C) groups is 1. The number of fused-ring (bicyclic) bond motifs is 1. The van der Waals surface area contributed by atoms with Crippen molar-refractivity contribution in [3.8, 4) is 0 Å². The third-order valence-electron chi connectivity index (χ3n) is 2.73. The van der Waals surface area contributed by atoms with Gasteiger partial charge in [0.2, 0.25) is 0 Å². The first kappa shape index (κ1) is 11.9. The lowest BCUT2D eigenvalue weighted by Crippen LogP contribution is -2.22. The van der Waals surface area contributed by atoms with E-state index in [-0.39, 0.29) is 11.4 Å². The number of nitrogens with zero attached hydrogens (tertiary/aromatic N) is 2. The number of hydrogen-bond donors (Lipinski definition) is 1. The molecule has 0 spiro atoms. The first-order valence-corrected chi connectivity index (χ1v) is 7.13. The summed E-state index contributed by atoms with van der Waals surface area (Å²) in [5, 5.41) is 3.75. The van der Waals surface area contributed by atoms with Gasteiger partial charge in [-0.3, -0.25) is 9.71 Å². The number of hydrogen-bond acceptors (Lipinski definition) is 5. The van der Waals surface area contributed by atoms with E-state index in [0.717, 1.165) is 5.69 Å². The summed E-state index contributed by atoms with van der Waals surface area (Å²) in [5.74, 6) is 0.929. The fraction of sp³-hybridized carbons (Fsp3) is 0.167. The van der Waals surface area contributed by atoms with E-state index in [4.69, 9.17) is 4.52 Å². The van der Waals surface area contributed by atoms with E-state index in [1.807, 2.05) is 6.92 Å². The maximum Gasteiger partial charge on any atom is 0.263 e. The third-order valence-corrected chi connectivity index (χ3v) is 4.13. The van der Waals surface area contributed by atoms with Crippen LogP contribution in [0, 0.1) is 6.92 Å². The monoisotopic (exact) mass is 277 g/mol. The molecule has 19 heavy (non-hydrogen) atoms. The maximum atomic E-state index is 11.9. The van der Waals surface area contributed by atoms with Gasteiger partial charge < -0.3 is 4.52 Å². The second kappa shape index (κ2) is 4.20. The summed E-state index contributed by atoms with van der Waals surface area (Å²) in [6.07, 6.45) is 0. The van der Waals surface area contributed by atoms with Crippen LogP contribution in [-0.4, -0.2) is 19.4 Å². The Labute approximate surface area is 110 Å². The SMILES string of the molecule is Cc1cc(CN=C2NS(=O)(=O)c3ccccc32)on1. The molecule has 3 rings (SSSR count). The minimum absolute atomic E-state index is 0.243. The highest BCUT2D eigenvalue weighted by Crippen LogP contribution is 2.22. The second-order valence-electron chi connectivity index (χ2n) is 4.20. The minimum Gasteiger partial charge on any atom is -0.359 e. The van der Waals surface area contributed by atoms with Gasteiger partial charge in [0, 0.05) is 11.6 Å². The number of rotatable bonds is 2. The van der Waals surface area contributed by atoms with Crippen molar-refractivity contribution in [3.05, 3.63) is 47.3 Å². The van der Waals surface area contributed by atoms with Gasteiger partial charge in [-0.15, -0.1) is 0 Å². The summed E-state index contributed by atoms with van der Waals surface area (Å²) in [6, 6.07) is 8.49. The largest absolute Gasteiger partial charge is 0.359 e. The fourth-order valence-electron chi connectivity index (χ4n) is 1.90. The van der Waals surface area contributed by atoms with Crippen LogP contribution in [0.2, 0.25) is 0 Å². The van der Waals surface area contributed by atoms with Crippen LogP contribution >= 0.6 is 0 Å². The van der Waals surface area contributed by atoms with Crippen molar-refractivity contribution in [2.45, 2.75) is 18.4 Å². The summed E-state index contributed by atoms with van der Waals surface area (Å²) in [5.41, 5.74) is 1.35. The number of amidine groups is 1. The lowest BCUT2D eigenvalue weighted by molar-refractivity contribution is 0.381. The quantitative estimate of drug-likeness (QED) is 0.894. The molecular weight excluding hydrogens is 266 g/mol. The Bertz CT molecular complexity index is 762. The summed E-state index contributed by atoms with van der Waals surface area (Å²) < 4.78 is 31.2. The summed E-state index contributed by atoms with van der Waals surface area (Å²) in [4.78, 5) is 4.49. The van der Waals surface area contributed by atoms with Crippen molar-refractivity contribution < 1.29 is 12.9 Å². The minimum atomic E-state index is -3.48. The Balaban J connectivity index is 1.95. The highest BCUT2D eigenvalue weighted by atomic mass is 32.2. The van der Waals surface area contributed by atoms with Gasteiger partial charge in [0.15, 0.2) is 5.76 Å². The van der Waals surface area contributed by atoms with E-state index < -0.39 is 10.0 Å². The number of benzene rings is 1. The van der Waals surface area contributed by atoms with E-state index in [2.05, 4.69) is 14.9 Å². The zero-order chi connectivity index (χ0) is 13.5. The van der Waals surface area contributed by atoms with Gasteiger partial charge in [-0.2, -0.15) is 0 Å². The summed E-state index contributed by atoms with van der Waals surface area (Å²) >= 11 is 0. The Morgan fingerprint density at radius 3 is 2.89 bits per heavy atom. The molecule has 98 valence electrons. The van der Waals surface area contributed by atoms with Gasteiger partial charge in [0.1, 0.15) is 12.4 Å². The average Bonchev–Trinajstić information content (AvgIpc) is 2.90. The Kier molecular flexibility index (Phi) is 2.63. The fourth-order valence-corrected chi connectivity index (χ4v) is 3.15. The number of aromatic nitrogens is 1. The normalized spacial score (nSPS) is 18.3. The number of sulfonamides is 1. The van der Waals surface area contributed by atoms with Gasteiger partial charge in [-0.25, -0.2) is 8.42 Å². The van der Waals surface area contributed by atoms with Gasteiger partial charge >= 0.3 is 0 Å². The van der Waals surface area contributed by atoms with E-state index in [1.165, 1.54) is 0 Å². The van der Waals surface area contributed by atoms with Gasteiger partial charge in [-0.05, 0) is 19.1 Å². The second-order valence-corrected chi connectivity index (χ2v) is 5.85. The van der Waals surface area contributed by atoms with Crippen LogP contribution in [0.4, 0.5) is 0 Å². The Morgan fingerprint density at radius 2 is 2.16 bits per heavy atom. The van der Waals surface area contributed by atoms with Crippen LogP contribution in [0.15, 0.2) is 44.7 Å². The lowest BCUT2D eigenvalue weighted by Gasteiger charge is -1.96. The molecule has 0 radical (unpaired) electrons. The molecule has 1 aliphatic heterocycles. The third kappa shape index (κ3) is 2.12. The molecule has 2 aromatic rings. The molecular formula is C12H11N3O3S. The molecule has 1 aliphatic rings. The maximum absolute atomic E-state index is 11.9. The highest BCUT2D eigenvalue weighted by Gasteiger charge is 2.29. The van der Waals surface area contributed by atoms with E-state index in [9.17, 15) is 8.42 Å².